The molecule has 0 aromatic heterocycles. The molecule has 23 heavy (non-hydrogen) atoms. The molecule has 1 aromatic carbocycles. The molecular formula is C16H23N3O4. The molecule has 0 saturated carbocycles. The third kappa shape index (κ3) is 4.19. The van der Waals surface area contributed by atoms with Gasteiger partial charge >= 0.3 is 0 Å². The highest BCUT2D eigenvalue weighted by Gasteiger charge is 2.24. The van der Waals surface area contributed by atoms with Gasteiger partial charge in [0, 0.05) is 38.3 Å². The zero-order chi connectivity index (χ0) is 17.0. The standard InChI is InChI=1S/C16H23N3O4/c1-12(2)11-17(3)14-5-4-13(10-15(14)19(21)22)16(20)18-6-8-23-9-7-18/h4-5,10,12H,6-9,11H2,1-3H3. The monoisotopic (exact) mass is 321 g/mol. The number of rotatable bonds is 5. The average Bonchev–Trinajstić information content (AvgIpc) is 2.53. The highest BCUT2D eigenvalue weighted by molar-refractivity contribution is 5.95. The molecule has 1 amide bonds. The molecule has 7 heteroatoms. The molecule has 0 spiro atoms. The van der Waals surface area contributed by atoms with Crippen molar-refractivity contribution in [1.82, 2.24) is 4.90 Å². The van der Waals surface area contributed by atoms with Gasteiger partial charge < -0.3 is 14.5 Å². The molecule has 1 saturated heterocycles. The summed E-state index contributed by atoms with van der Waals surface area (Å²) in [5, 5.41) is 11.4. The lowest BCUT2D eigenvalue weighted by Crippen LogP contribution is -2.40. The topological polar surface area (TPSA) is 75.9 Å². The third-order valence-electron chi connectivity index (χ3n) is 3.77. The maximum Gasteiger partial charge on any atom is 0.293 e. The first-order valence-corrected chi connectivity index (χ1v) is 7.76. The highest BCUT2D eigenvalue weighted by atomic mass is 16.6. The van der Waals surface area contributed by atoms with E-state index >= 15 is 0 Å². The van der Waals surface area contributed by atoms with Gasteiger partial charge in [0.2, 0.25) is 0 Å². The van der Waals surface area contributed by atoms with Crippen molar-refractivity contribution in [1.29, 1.82) is 0 Å². The van der Waals surface area contributed by atoms with E-state index in [0.717, 1.165) is 0 Å². The number of nitrogens with zero attached hydrogens (tertiary/aromatic N) is 3. The third-order valence-corrected chi connectivity index (χ3v) is 3.77. The van der Waals surface area contributed by atoms with Crippen LogP contribution in [0.25, 0.3) is 0 Å². The number of nitro benzene ring substituents is 1. The lowest BCUT2D eigenvalue weighted by molar-refractivity contribution is -0.384. The predicted molar refractivity (Wildman–Crippen MR) is 87.9 cm³/mol. The number of hydrogen-bond donors (Lipinski definition) is 0. The Hall–Kier alpha value is -2.15. The van der Waals surface area contributed by atoms with Crippen molar-refractivity contribution in [3.63, 3.8) is 0 Å². The Kier molecular flexibility index (Phi) is 5.54. The van der Waals surface area contributed by atoms with E-state index in [1.807, 2.05) is 11.9 Å². The molecule has 2 rings (SSSR count). The van der Waals surface area contributed by atoms with Gasteiger partial charge in [-0.05, 0) is 18.1 Å². The number of carbonyl (C=O) groups excluding carboxylic acids is 1. The van der Waals surface area contributed by atoms with E-state index in [9.17, 15) is 14.9 Å². The Labute approximate surface area is 136 Å². The van der Waals surface area contributed by atoms with Crippen LogP contribution in [-0.2, 0) is 4.74 Å². The summed E-state index contributed by atoms with van der Waals surface area (Å²) >= 11 is 0. The van der Waals surface area contributed by atoms with Crippen LogP contribution in [0.5, 0.6) is 0 Å². The molecule has 1 aromatic rings. The summed E-state index contributed by atoms with van der Waals surface area (Å²) < 4.78 is 5.23. The fourth-order valence-corrected chi connectivity index (χ4v) is 2.72. The van der Waals surface area contributed by atoms with Crippen LogP contribution in [-0.4, -0.2) is 55.6 Å². The van der Waals surface area contributed by atoms with E-state index in [2.05, 4.69) is 13.8 Å². The van der Waals surface area contributed by atoms with Crippen LogP contribution < -0.4 is 4.90 Å². The van der Waals surface area contributed by atoms with Gasteiger partial charge in [-0.25, -0.2) is 0 Å². The number of nitro groups is 1. The first-order valence-electron chi connectivity index (χ1n) is 7.76. The summed E-state index contributed by atoms with van der Waals surface area (Å²) in [6, 6.07) is 4.70. The summed E-state index contributed by atoms with van der Waals surface area (Å²) in [5.41, 5.74) is 0.842. The van der Waals surface area contributed by atoms with Gasteiger partial charge in [-0.1, -0.05) is 13.8 Å². The van der Waals surface area contributed by atoms with E-state index in [1.54, 1.807) is 17.0 Å². The Morgan fingerprint density at radius 1 is 1.39 bits per heavy atom. The van der Waals surface area contributed by atoms with Crippen molar-refractivity contribution in [2.45, 2.75) is 13.8 Å². The van der Waals surface area contributed by atoms with Gasteiger partial charge in [0.05, 0.1) is 18.1 Å². The maximum absolute atomic E-state index is 12.5. The number of carbonyl (C=O) groups is 1. The van der Waals surface area contributed by atoms with Crippen molar-refractivity contribution in [3.8, 4) is 0 Å². The van der Waals surface area contributed by atoms with E-state index in [0.29, 0.717) is 50.0 Å². The summed E-state index contributed by atoms with van der Waals surface area (Å²) in [4.78, 5) is 27.0. The number of amides is 1. The van der Waals surface area contributed by atoms with E-state index in [1.165, 1.54) is 6.07 Å². The molecule has 0 bridgehead atoms. The van der Waals surface area contributed by atoms with Gasteiger partial charge in [0.15, 0.2) is 0 Å². The van der Waals surface area contributed by atoms with E-state index < -0.39 is 4.92 Å². The van der Waals surface area contributed by atoms with Gasteiger partial charge in [-0.15, -0.1) is 0 Å². The number of hydrogen-bond acceptors (Lipinski definition) is 5. The van der Waals surface area contributed by atoms with Crippen LogP contribution >= 0.6 is 0 Å². The maximum atomic E-state index is 12.5. The van der Waals surface area contributed by atoms with Crippen molar-refractivity contribution >= 4 is 17.3 Å². The SMILES string of the molecule is CC(C)CN(C)c1ccc(C(=O)N2CCOCC2)cc1[N+](=O)[O-]. The Bertz CT molecular complexity index is 583. The molecule has 0 unspecified atom stereocenters. The molecule has 0 atom stereocenters. The molecule has 0 aliphatic carbocycles. The highest BCUT2D eigenvalue weighted by Crippen LogP contribution is 2.29. The van der Waals surface area contributed by atoms with Gasteiger partial charge in [0.1, 0.15) is 5.69 Å². The molecule has 0 radical (unpaired) electrons. The average molecular weight is 321 g/mol. The number of benzene rings is 1. The molecule has 1 aliphatic rings. The molecule has 126 valence electrons. The largest absolute Gasteiger partial charge is 0.378 e. The van der Waals surface area contributed by atoms with Gasteiger partial charge in [-0.2, -0.15) is 0 Å². The summed E-state index contributed by atoms with van der Waals surface area (Å²) in [7, 11) is 1.83. The van der Waals surface area contributed by atoms with Crippen LogP contribution in [0.15, 0.2) is 18.2 Å². The lowest BCUT2D eigenvalue weighted by Gasteiger charge is -2.27. The Morgan fingerprint density at radius 2 is 2.04 bits per heavy atom. The zero-order valence-electron chi connectivity index (χ0n) is 13.8. The summed E-state index contributed by atoms with van der Waals surface area (Å²) in [5.74, 6) is 0.198. The molecule has 1 fully saturated rings. The van der Waals surface area contributed by atoms with Crippen LogP contribution in [0, 0.1) is 16.0 Å². The van der Waals surface area contributed by atoms with Gasteiger partial charge in [0.25, 0.3) is 11.6 Å². The van der Waals surface area contributed by atoms with Gasteiger partial charge in [-0.3, -0.25) is 14.9 Å². The van der Waals surface area contributed by atoms with Crippen molar-refractivity contribution in [2.75, 3.05) is 44.8 Å². The first-order chi connectivity index (χ1) is 10.9. The minimum Gasteiger partial charge on any atom is -0.378 e. The van der Waals surface area contributed by atoms with E-state index in [4.69, 9.17) is 4.74 Å². The fourth-order valence-electron chi connectivity index (χ4n) is 2.72. The number of anilines is 1. The molecular weight excluding hydrogens is 298 g/mol. The first kappa shape index (κ1) is 17.2. The van der Waals surface area contributed by atoms with Crippen LogP contribution in [0.1, 0.15) is 24.2 Å². The van der Waals surface area contributed by atoms with Crippen LogP contribution in [0.2, 0.25) is 0 Å². The van der Waals surface area contributed by atoms with Crippen molar-refractivity contribution < 1.29 is 14.5 Å². The summed E-state index contributed by atoms with van der Waals surface area (Å²) in [6.45, 7) is 6.85. The molecule has 0 N–H and O–H groups in total. The van der Waals surface area contributed by atoms with Crippen LogP contribution in [0.4, 0.5) is 11.4 Å². The fraction of sp³-hybridized carbons (Fsp3) is 0.562. The molecule has 1 aliphatic heterocycles. The van der Waals surface area contributed by atoms with Crippen molar-refractivity contribution in [2.24, 2.45) is 5.92 Å². The second kappa shape index (κ2) is 7.41. The Balaban J connectivity index is 2.28. The number of ether oxygens (including phenoxy) is 1. The number of morpholine rings is 1. The predicted octanol–water partition coefficient (Wildman–Crippen LogP) is 2.16. The Morgan fingerprint density at radius 3 is 2.61 bits per heavy atom. The smallest absolute Gasteiger partial charge is 0.293 e. The zero-order valence-corrected chi connectivity index (χ0v) is 13.8. The van der Waals surface area contributed by atoms with E-state index in [-0.39, 0.29) is 11.6 Å². The minimum absolute atomic E-state index is 0.0349. The molecule has 1 heterocycles. The minimum atomic E-state index is -0.428. The van der Waals surface area contributed by atoms with Crippen molar-refractivity contribution in [3.05, 3.63) is 33.9 Å². The summed E-state index contributed by atoms with van der Waals surface area (Å²) in [6.07, 6.45) is 0. The quantitative estimate of drug-likeness (QED) is 0.613. The lowest BCUT2D eigenvalue weighted by atomic mass is 10.1. The van der Waals surface area contributed by atoms with Crippen LogP contribution in [0.3, 0.4) is 0 Å². The molecule has 7 nitrogen and oxygen atoms in total. The second-order valence-corrected chi connectivity index (χ2v) is 6.14. The second-order valence-electron chi connectivity index (χ2n) is 6.14. The normalized spacial score (nSPS) is 14.9.